The third-order valence-corrected chi connectivity index (χ3v) is 3.90. The Bertz CT molecular complexity index is 707. The number of nitrogens with zero attached hydrogens (tertiary/aromatic N) is 1. The van der Waals surface area contributed by atoms with Crippen LogP contribution in [0.25, 0.3) is 0 Å². The van der Waals surface area contributed by atoms with Gasteiger partial charge in [0.2, 0.25) is 0 Å². The maximum absolute atomic E-state index is 12.9. The Labute approximate surface area is 145 Å². The predicted molar refractivity (Wildman–Crippen MR) is 91.4 cm³/mol. The molecule has 136 valence electrons. The van der Waals surface area contributed by atoms with E-state index in [1.807, 2.05) is 19.9 Å². The van der Waals surface area contributed by atoms with Gasteiger partial charge in [-0.15, -0.1) is 0 Å². The molecule has 1 heterocycles. The first-order valence-corrected chi connectivity index (χ1v) is 7.87. The summed E-state index contributed by atoms with van der Waals surface area (Å²) in [5.41, 5.74) is -0.543. The second-order valence-electron chi connectivity index (χ2n) is 6.32. The molecule has 25 heavy (non-hydrogen) atoms. The van der Waals surface area contributed by atoms with Gasteiger partial charge in [-0.1, -0.05) is 32.0 Å². The minimum Gasteiger partial charge on any atom is -0.467 e. The van der Waals surface area contributed by atoms with E-state index in [1.165, 1.54) is 12.1 Å². The average molecular weight is 353 g/mol. The van der Waals surface area contributed by atoms with Crippen LogP contribution in [0, 0.1) is 0 Å². The predicted octanol–water partition coefficient (Wildman–Crippen LogP) is 3.94. The Hall–Kier alpha value is -2.44. The number of aliphatic imine (C=N–C) groups is 1. The van der Waals surface area contributed by atoms with Gasteiger partial charge in [-0.25, -0.2) is 0 Å². The molecule has 0 amide bonds. The molecule has 0 aliphatic heterocycles. The maximum atomic E-state index is 12.9. The number of halogens is 3. The third kappa shape index (κ3) is 5.27. The van der Waals surface area contributed by atoms with Gasteiger partial charge in [0.1, 0.15) is 5.76 Å². The van der Waals surface area contributed by atoms with Crippen LogP contribution >= 0.6 is 0 Å². The highest BCUT2D eigenvalue weighted by Gasteiger charge is 2.32. The van der Waals surface area contributed by atoms with Crippen LogP contribution in [0.5, 0.6) is 0 Å². The van der Waals surface area contributed by atoms with Crippen molar-refractivity contribution in [3.63, 3.8) is 0 Å². The van der Waals surface area contributed by atoms with Crippen molar-refractivity contribution in [3.05, 3.63) is 59.5 Å². The van der Waals surface area contributed by atoms with Crippen LogP contribution in [0.1, 0.15) is 30.7 Å². The van der Waals surface area contributed by atoms with Crippen LogP contribution in [0.15, 0.2) is 52.1 Å². The number of guanidine groups is 1. The van der Waals surface area contributed by atoms with Crippen molar-refractivity contribution in [1.82, 2.24) is 10.6 Å². The van der Waals surface area contributed by atoms with Gasteiger partial charge >= 0.3 is 6.18 Å². The van der Waals surface area contributed by atoms with E-state index in [0.29, 0.717) is 24.6 Å². The summed E-state index contributed by atoms with van der Waals surface area (Å²) in [5.74, 6) is 1.32. The van der Waals surface area contributed by atoms with E-state index in [1.54, 1.807) is 25.4 Å². The monoisotopic (exact) mass is 353 g/mol. The molecule has 0 spiro atoms. The SMILES string of the molecule is CN=C(NCc1ccco1)NCC(C)(C)c1cccc(C(F)(F)F)c1. The van der Waals surface area contributed by atoms with Crippen molar-refractivity contribution in [2.24, 2.45) is 4.99 Å². The van der Waals surface area contributed by atoms with E-state index in [9.17, 15) is 13.2 Å². The first-order valence-electron chi connectivity index (χ1n) is 7.87. The van der Waals surface area contributed by atoms with Gasteiger partial charge < -0.3 is 15.1 Å². The average Bonchev–Trinajstić information content (AvgIpc) is 3.08. The minimum absolute atomic E-state index is 0.423. The molecule has 0 radical (unpaired) electrons. The number of benzene rings is 1. The highest BCUT2D eigenvalue weighted by atomic mass is 19.4. The summed E-state index contributed by atoms with van der Waals surface area (Å²) in [6.07, 6.45) is -2.76. The van der Waals surface area contributed by atoms with Crippen LogP contribution in [0.2, 0.25) is 0 Å². The molecule has 1 aromatic heterocycles. The van der Waals surface area contributed by atoms with Crippen molar-refractivity contribution in [3.8, 4) is 0 Å². The molecular weight excluding hydrogens is 331 g/mol. The molecule has 0 saturated carbocycles. The Morgan fingerprint density at radius 1 is 1.08 bits per heavy atom. The fraction of sp³-hybridized carbons (Fsp3) is 0.389. The van der Waals surface area contributed by atoms with Crippen molar-refractivity contribution in [2.45, 2.75) is 32.0 Å². The lowest BCUT2D eigenvalue weighted by Gasteiger charge is -2.27. The molecule has 0 atom stereocenters. The van der Waals surface area contributed by atoms with Crippen LogP contribution in [0.3, 0.4) is 0 Å². The van der Waals surface area contributed by atoms with E-state index in [-0.39, 0.29) is 0 Å². The maximum Gasteiger partial charge on any atom is 0.416 e. The number of nitrogens with one attached hydrogen (secondary N) is 2. The van der Waals surface area contributed by atoms with Crippen molar-refractivity contribution >= 4 is 5.96 Å². The molecule has 2 aromatic rings. The minimum atomic E-state index is -4.35. The molecule has 0 bridgehead atoms. The van der Waals surface area contributed by atoms with Crippen molar-refractivity contribution < 1.29 is 17.6 Å². The van der Waals surface area contributed by atoms with Crippen LogP contribution in [0.4, 0.5) is 13.2 Å². The van der Waals surface area contributed by atoms with Gasteiger partial charge in [-0.2, -0.15) is 13.2 Å². The summed E-state index contributed by atoms with van der Waals surface area (Å²) in [6, 6.07) is 9.05. The van der Waals surface area contributed by atoms with Crippen LogP contribution in [-0.2, 0) is 18.1 Å². The number of alkyl halides is 3. The van der Waals surface area contributed by atoms with Gasteiger partial charge in [0.05, 0.1) is 18.4 Å². The van der Waals surface area contributed by atoms with Crippen molar-refractivity contribution in [2.75, 3.05) is 13.6 Å². The molecule has 1 aromatic carbocycles. The molecule has 0 unspecified atom stereocenters. The Morgan fingerprint density at radius 3 is 2.40 bits per heavy atom. The molecule has 4 nitrogen and oxygen atoms in total. The summed E-state index contributed by atoms with van der Waals surface area (Å²) in [6.45, 7) is 4.66. The molecule has 0 fully saturated rings. The number of hydrogen-bond acceptors (Lipinski definition) is 2. The lowest BCUT2D eigenvalue weighted by molar-refractivity contribution is -0.137. The lowest BCUT2D eigenvalue weighted by Crippen LogP contribution is -2.43. The van der Waals surface area contributed by atoms with Gasteiger partial charge in [-0.3, -0.25) is 4.99 Å². The highest BCUT2D eigenvalue weighted by Crippen LogP contribution is 2.32. The normalized spacial score (nSPS) is 13.0. The second-order valence-corrected chi connectivity index (χ2v) is 6.32. The third-order valence-electron chi connectivity index (χ3n) is 3.90. The molecule has 7 heteroatoms. The lowest BCUT2D eigenvalue weighted by atomic mass is 9.84. The standard InChI is InChI=1S/C18H22F3N3O/c1-17(2,13-6-4-7-14(10-13)18(19,20)21)12-24-16(22-3)23-11-15-8-5-9-25-15/h4-10H,11-12H2,1-3H3,(H2,22,23,24). The van der Waals surface area contributed by atoms with Gasteiger partial charge in [0, 0.05) is 19.0 Å². The van der Waals surface area contributed by atoms with E-state index in [0.717, 1.165) is 11.8 Å². The van der Waals surface area contributed by atoms with Crippen LogP contribution < -0.4 is 10.6 Å². The second kappa shape index (κ2) is 7.63. The summed E-state index contributed by atoms with van der Waals surface area (Å²) >= 11 is 0. The molecule has 2 N–H and O–H groups in total. The molecule has 0 saturated heterocycles. The zero-order valence-electron chi connectivity index (χ0n) is 14.4. The summed E-state index contributed by atoms with van der Waals surface area (Å²) in [5, 5.41) is 6.24. The Kier molecular flexibility index (Phi) is 5.77. The van der Waals surface area contributed by atoms with Gasteiger partial charge in [0.25, 0.3) is 0 Å². The number of rotatable bonds is 5. The van der Waals surface area contributed by atoms with E-state index < -0.39 is 17.2 Å². The summed E-state index contributed by atoms with van der Waals surface area (Å²) < 4.78 is 44.0. The smallest absolute Gasteiger partial charge is 0.416 e. The fourth-order valence-electron chi connectivity index (χ4n) is 2.33. The molecule has 0 aliphatic rings. The van der Waals surface area contributed by atoms with Gasteiger partial charge in [-0.05, 0) is 23.8 Å². The zero-order chi connectivity index (χ0) is 18.5. The van der Waals surface area contributed by atoms with Crippen LogP contribution in [-0.4, -0.2) is 19.6 Å². The van der Waals surface area contributed by atoms with E-state index >= 15 is 0 Å². The van der Waals surface area contributed by atoms with Gasteiger partial charge in [0.15, 0.2) is 5.96 Å². The Morgan fingerprint density at radius 2 is 1.80 bits per heavy atom. The number of furan rings is 1. The first kappa shape index (κ1) is 18.9. The van der Waals surface area contributed by atoms with E-state index in [4.69, 9.17) is 4.42 Å². The molecule has 2 rings (SSSR count). The van der Waals surface area contributed by atoms with Crippen molar-refractivity contribution in [1.29, 1.82) is 0 Å². The topological polar surface area (TPSA) is 49.6 Å². The fourth-order valence-corrected chi connectivity index (χ4v) is 2.33. The zero-order valence-corrected chi connectivity index (χ0v) is 14.4. The quantitative estimate of drug-likeness (QED) is 0.632. The Balaban J connectivity index is 2.00. The highest BCUT2D eigenvalue weighted by molar-refractivity contribution is 5.79. The first-order chi connectivity index (χ1) is 11.7. The summed E-state index contributed by atoms with van der Waals surface area (Å²) in [7, 11) is 1.63. The largest absolute Gasteiger partial charge is 0.467 e. The van der Waals surface area contributed by atoms with E-state index in [2.05, 4.69) is 15.6 Å². The summed E-state index contributed by atoms with van der Waals surface area (Å²) in [4.78, 5) is 4.11. The number of hydrogen-bond donors (Lipinski definition) is 2. The molecule has 0 aliphatic carbocycles. The molecular formula is C18H22F3N3O.